The summed E-state index contributed by atoms with van der Waals surface area (Å²) < 4.78 is 0. The van der Waals surface area contributed by atoms with Gasteiger partial charge in [0.15, 0.2) is 0 Å². The number of carboxylic acids is 1. The molecule has 0 spiro atoms. The Morgan fingerprint density at radius 2 is 1.71 bits per heavy atom. The van der Waals surface area contributed by atoms with Gasteiger partial charge in [0.05, 0.1) is 5.56 Å². The van der Waals surface area contributed by atoms with Gasteiger partial charge < -0.3 is 5.11 Å². The molecule has 0 heterocycles. The van der Waals surface area contributed by atoms with Crippen molar-refractivity contribution in [3.05, 3.63) is 53.6 Å². The van der Waals surface area contributed by atoms with Crippen molar-refractivity contribution < 1.29 is 9.90 Å². The Kier molecular flexibility index (Phi) is 3.00. The van der Waals surface area contributed by atoms with Crippen molar-refractivity contribution in [2.45, 2.75) is 6.92 Å². The Hall–Kier alpha value is -2.03. The zero-order valence-corrected chi connectivity index (χ0v) is 9.47. The summed E-state index contributed by atoms with van der Waals surface area (Å²) in [6.07, 6.45) is 0. The number of aryl methyl sites for hydroxylation is 1. The predicted octanol–water partition coefficient (Wildman–Crippen LogP) is 2.15. The lowest BCUT2D eigenvalue weighted by atomic mass is 9.90. The quantitative estimate of drug-likeness (QED) is 0.790. The van der Waals surface area contributed by atoms with Crippen LogP contribution in [0.1, 0.15) is 15.9 Å². The predicted molar refractivity (Wildman–Crippen MR) is 69.0 cm³/mol. The highest BCUT2D eigenvalue weighted by Gasteiger charge is 2.06. The van der Waals surface area contributed by atoms with Gasteiger partial charge in [-0.05, 0) is 24.1 Å². The second-order valence-electron chi connectivity index (χ2n) is 4.01. The lowest BCUT2D eigenvalue weighted by molar-refractivity contribution is 0.0697. The lowest BCUT2D eigenvalue weighted by Gasteiger charge is -2.06. The molecule has 82 valence electrons. The highest BCUT2D eigenvalue weighted by molar-refractivity contribution is 6.33. The van der Waals surface area contributed by atoms with Gasteiger partial charge >= 0.3 is 5.97 Å². The Morgan fingerprint density at radius 1 is 1.06 bits per heavy atom. The standard InChI is InChI=1S/C14H11BO2/c1-9-2-4-10(5-3-9)11-6-12(14(16)17)8-13(15)7-11/h2-8H,1H3,(H,16,17). The Morgan fingerprint density at radius 3 is 2.29 bits per heavy atom. The van der Waals surface area contributed by atoms with Crippen molar-refractivity contribution in [3.8, 4) is 11.1 Å². The van der Waals surface area contributed by atoms with Gasteiger partial charge in [-0.2, -0.15) is 0 Å². The van der Waals surface area contributed by atoms with Crippen LogP contribution in [0.3, 0.4) is 0 Å². The minimum absolute atomic E-state index is 0.209. The summed E-state index contributed by atoms with van der Waals surface area (Å²) in [5.74, 6) is -0.967. The Balaban J connectivity index is 2.51. The van der Waals surface area contributed by atoms with Crippen LogP contribution in [0.2, 0.25) is 0 Å². The Labute approximate surface area is 101 Å². The summed E-state index contributed by atoms with van der Waals surface area (Å²) in [5, 5.41) is 8.97. The van der Waals surface area contributed by atoms with Crippen LogP contribution in [0.25, 0.3) is 11.1 Å². The van der Waals surface area contributed by atoms with E-state index in [4.69, 9.17) is 13.0 Å². The van der Waals surface area contributed by atoms with E-state index in [2.05, 4.69) is 0 Å². The molecule has 2 radical (unpaired) electrons. The van der Waals surface area contributed by atoms with Gasteiger partial charge in [0.1, 0.15) is 7.85 Å². The van der Waals surface area contributed by atoms with Crippen LogP contribution in [0.5, 0.6) is 0 Å². The van der Waals surface area contributed by atoms with E-state index in [0.717, 1.165) is 16.7 Å². The minimum Gasteiger partial charge on any atom is -0.478 e. The van der Waals surface area contributed by atoms with Gasteiger partial charge in [0.2, 0.25) is 0 Å². The van der Waals surface area contributed by atoms with Gasteiger partial charge in [-0.25, -0.2) is 4.79 Å². The number of aromatic carboxylic acids is 1. The third-order valence-corrected chi connectivity index (χ3v) is 2.59. The molecule has 0 aromatic heterocycles. The SMILES string of the molecule is [B]c1cc(C(=O)O)cc(-c2ccc(C)cc2)c1. The third kappa shape index (κ3) is 2.56. The molecule has 0 saturated heterocycles. The molecule has 0 unspecified atom stereocenters. The molecule has 0 aliphatic carbocycles. The minimum atomic E-state index is -0.967. The van der Waals surface area contributed by atoms with Crippen LogP contribution in [0.15, 0.2) is 42.5 Å². The smallest absolute Gasteiger partial charge is 0.335 e. The van der Waals surface area contributed by atoms with E-state index in [1.165, 1.54) is 6.07 Å². The normalized spacial score (nSPS) is 10.2. The highest BCUT2D eigenvalue weighted by Crippen LogP contribution is 2.20. The summed E-state index contributed by atoms with van der Waals surface area (Å²) in [6, 6.07) is 12.7. The van der Waals surface area contributed by atoms with Gasteiger partial charge in [-0.1, -0.05) is 47.4 Å². The summed E-state index contributed by atoms with van der Waals surface area (Å²) >= 11 is 0. The maximum absolute atomic E-state index is 10.9. The average molecular weight is 222 g/mol. The van der Waals surface area contributed by atoms with Crippen molar-refractivity contribution in [2.75, 3.05) is 0 Å². The first-order valence-corrected chi connectivity index (χ1v) is 5.27. The zero-order chi connectivity index (χ0) is 12.4. The largest absolute Gasteiger partial charge is 0.478 e. The second-order valence-corrected chi connectivity index (χ2v) is 4.01. The van der Waals surface area contributed by atoms with Crippen molar-refractivity contribution in [2.24, 2.45) is 0 Å². The molecular weight excluding hydrogens is 211 g/mol. The summed E-state index contributed by atoms with van der Waals surface area (Å²) in [4.78, 5) is 10.9. The molecule has 2 aromatic rings. The summed E-state index contributed by atoms with van der Waals surface area (Å²) in [5.41, 5.74) is 3.62. The molecular formula is C14H11BO2. The fraction of sp³-hybridized carbons (Fsp3) is 0.0714. The number of carbonyl (C=O) groups is 1. The van der Waals surface area contributed by atoms with Gasteiger partial charge in [0, 0.05) is 0 Å². The molecule has 0 atom stereocenters. The molecule has 2 rings (SSSR count). The fourth-order valence-corrected chi connectivity index (χ4v) is 1.69. The van der Waals surface area contributed by atoms with Crippen molar-refractivity contribution in [1.82, 2.24) is 0 Å². The van der Waals surface area contributed by atoms with E-state index in [0.29, 0.717) is 5.46 Å². The van der Waals surface area contributed by atoms with Crippen LogP contribution < -0.4 is 5.46 Å². The molecule has 17 heavy (non-hydrogen) atoms. The second kappa shape index (κ2) is 4.46. The van der Waals surface area contributed by atoms with Crippen molar-refractivity contribution in [1.29, 1.82) is 0 Å². The third-order valence-electron chi connectivity index (χ3n) is 2.59. The zero-order valence-electron chi connectivity index (χ0n) is 9.47. The van der Waals surface area contributed by atoms with Gasteiger partial charge in [-0.15, -0.1) is 0 Å². The van der Waals surface area contributed by atoms with Crippen LogP contribution >= 0.6 is 0 Å². The molecule has 3 heteroatoms. The molecule has 0 aliphatic heterocycles. The number of hydrogen-bond acceptors (Lipinski definition) is 1. The first kappa shape index (κ1) is 11.5. The molecule has 0 fully saturated rings. The fourth-order valence-electron chi connectivity index (χ4n) is 1.69. The molecule has 1 N–H and O–H groups in total. The molecule has 0 amide bonds. The number of rotatable bonds is 2. The molecule has 0 aliphatic rings. The Bertz CT molecular complexity index is 559. The van der Waals surface area contributed by atoms with E-state index in [-0.39, 0.29) is 5.56 Å². The van der Waals surface area contributed by atoms with Crippen LogP contribution in [-0.2, 0) is 0 Å². The number of carboxylic acid groups (broad SMARTS) is 1. The van der Waals surface area contributed by atoms with Crippen LogP contribution in [-0.4, -0.2) is 18.9 Å². The maximum atomic E-state index is 10.9. The first-order valence-electron chi connectivity index (χ1n) is 5.27. The van der Waals surface area contributed by atoms with Crippen LogP contribution in [0, 0.1) is 6.92 Å². The lowest BCUT2D eigenvalue weighted by Crippen LogP contribution is -2.07. The number of hydrogen-bond donors (Lipinski definition) is 1. The molecule has 0 bridgehead atoms. The van der Waals surface area contributed by atoms with Crippen LogP contribution in [0.4, 0.5) is 0 Å². The first-order chi connectivity index (χ1) is 8.06. The van der Waals surface area contributed by atoms with Crippen molar-refractivity contribution in [3.63, 3.8) is 0 Å². The van der Waals surface area contributed by atoms with Gasteiger partial charge in [-0.3, -0.25) is 0 Å². The maximum Gasteiger partial charge on any atom is 0.335 e. The average Bonchev–Trinajstić information content (AvgIpc) is 2.29. The van der Waals surface area contributed by atoms with E-state index in [1.54, 1.807) is 12.1 Å². The monoisotopic (exact) mass is 222 g/mol. The van der Waals surface area contributed by atoms with E-state index in [9.17, 15) is 4.79 Å². The summed E-state index contributed by atoms with van der Waals surface area (Å²) in [7, 11) is 5.70. The van der Waals surface area contributed by atoms with E-state index < -0.39 is 5.97 Å². The topological polar surface area (TPSA) is 37.3 Å². The molecule has 2 aromatic carbocycles. The van der Waals surface area contributed by atoms with Gasteiger partial charge in [0.25, 0.3) is 0 Å². The highest BCUT2D eigenvalue weighted by atomic mass is 16.4. The molecule has 0 saturated carbocycles. The van der Waals surface area contributed by atoms with Crippen molar-refractivity contribution >= 4 is 19.3 Å². The van der Waals surface area contributed by atoms with E-state index in [1.807, 2.05) is 31.2 Å². The number of benzene rings is 2. The van der Waals surface area contributed by atoms with E-state index >= 15 is 0 Å². The molecule has 2 nitrogen and oxygen atoms in total. The summed E-state index contributed by atoms with van der Waals surface area (Å²) in [6.45, 7) is 2.01.